The van der Waals surface area contributed by atoms with Crippen molar-refractivity contribution in [1.29, 1.82) is 0 Å². The van der Waals surface area contributed by atoms with Gasteiger partial charge in [0.2, 0.25) is 0 Å². The third-order valence-electron chi connectivity index (χ3n) is 3.25. The minimum absolute atomic E-state index is 0.0874. The van der Waals surface area contributed by atoms with Gasteiger partial charge in [0.1, 0.15) is 11.6 Å². The topological polar surface area (TPSA) is 38.5 Å². The number of benzene rings is 1. The monoisotopic (exact) mass is 256 g/mol. The minimum Gasteiger partial charge on any atom is -0.376 e. The standard InChI is InChI=1S/C13H18F2N2O/c1-9-8-17(4-5-18-9)13(7-16)11-6-10(14)2-3-12(11)15/h2-3,6,9,13H,4-5,7-8,16H2,1H3. The highest BCUT2D eigenvalue weighted by atomic mass is 19.1. The summed E-state index contributed by atoms with van der Waals surface area (Å²) in [5.41, 5.74) is 6.05. The molecule has 2 unspecified atom stereocenters. The first kappa shape index (κ1) is 13.4. The number of morpholine rings is 1. The molecule has 0 aliphatic carbocycles. The Morgan fingerprint density at radius 3 is 2.94 bits per heavy atom. The highest BCUT2D eigenvalue weighted by Gasteiger charge is 2.26. The van der Waals surface area contributed by atoms with Crippen LogP contribution in [0.4, 0.5) is 8.78 Å². The molecule has 2 N–H and O–H groups in total. The van der Waals surface area contributed by atoms with Gasteiger partial charge in [-0.3, -0.25) is 4.90 Å². The number of hydrogen-bond donors (Lipinski definition) is 1. The number of halogens is 2. The van der Waals surface area contributed by atoms with Crippen molar-refractivity contribution in [3.05, 3.63) is 35.4 Å². The van der Waals surface area contributed by atoms with Gasteiger partial charge >= 0.3 is 0 Å². The van der Waals surface area contributed by atoms with Gasteiger partial charge in [0.05, 0.1) is 18.8 Å². The van der Waals surface area contributed by atoms with Gasteiger partial charge in [0, 0.05) is 25.2 Å². The predicted molar refractivity (Wildman–Crippen MR) is 65.1 cm³/mol. The maximum Gasteiger partial charge on any atom is 0.128 e. The van der Waals surface area contributed by atoms with E-state index in [1.54, 1.807) is 0 Å². The van der Waals surface area contributed by atoms with Gasteiger partial charge in [0.15, 0.2) is 0 Å². The lowest BCUT2D eigenvalue weighted by Crippen LogP contribution is -2.45. The summed E-state index contributed by atoms with van der Waals surface area (Å²) in [5.74, 6) is -0.850. The normalized spacial score (nSPS) is 23.0. The van der Waals surface area contributed by atoms with Crippen molar-refractivity contribution in [2.45, 2.75) is 19.1 Å². The van der Waals surface area contributed by atoms with Crippen LogP contribution in [0.2, 0.25) is 0 Å². The molecule has 0 amide bonds. The van der Waals surface area contributed by atoms with Crippen molar-refractivity contribution in [3.63, 3.8) is 0 Å². The number of nitrogens with zero attached hydrogens (tertiary/aromatic N) is 1. The van der Waals surface area contributed by atoms with Gasteiger partial charge in [-0.05, 0) is 25.1 Å². The lowest BCUT2D eigenvalue weighted by Gasteiger charge is -2.37. The fourth-order valence-electron chi connectivity index (χ4n) is 2.37. The number of rotatable bonds is 3. The molecular formula is C13H18F2N2O. The van der Waals surface area contributed by atoms with Gasteiger partial charge < -0.3 is 10.5 Å². The number of hydrogen-bond acceptors (Lipinski definition) is 3. The summed E-state index contributed by atoms with van der Waals surface area (Å²) in [5, 5.41) is 0. The lowest BCUT2D eigenvalue weighted by atomic mass is 10.0. The summed E-state index contributed by atoms with van der Waals surface area (Å²) < 4.78 is 32.5. The Hall–Kier alpha value is -1.04. The average Bonchev–Trinajstić information content (AvgIpc) is 2.35. The van der Waals surface area contributed by atoms with Crippen LogP contribution < -0.4 is 5.73 Å². The van der Waals surface area contributed by atoms with Crippen LogP contribution in [0, 0.1) is 11.6 Å². The largest absolute Gasteiger partial charge is 0.376 e. The smallest absolute Gasteiger partial charge is 0.128 e. The molecule has 1 aliphatic rings. The lowest BCUT2D eigenvalue weighted by molar-refractivity contribution is -0.0337. The summed E-state index contributed by atoms with van der Waals surface area (Å²) in [6.45, 7) is 4.17. The maximum absolute atomic E-state index is 13.8. The highest BCUT2D eigenvalue weighted by molar-refractivity contribution is 5.23. The second-order valence-electron chi connectivity index (χ2n) is 4.59. The quantitative estimate of drug-likeness (QED) is 0.894. The zero-order valence-electron chi connectivity index (χ0n) is 10.4. The molecule has 18 heavy (non-hydrogen) atoms. The average molecular weight is 256 g/mol. The van der Waals surface area contributed by atoms with Crippen LogP contribution in [-0.2, 0) is 4.74 Å². The Labute approximate surface area is 106 Å². The molecule has 1 heterocycles. The Balaban J connectivity index is 2.24. The first-order valence-electron chi connectivity index (χ1n) is 6.12. The fraction of sp³-hybridized carbons (Fsp3) is 0.538. The van der Waals surface area contributed by atoms with Crippen molar-refractivity contribution in [1.82, 2.24) is 4.90 Å². The third-order valence-corrected chi connectivity index (χ3v) is 3.25. The summed E-state index contributed by atoms with van der Waals surface area (Å²) in [6.07, 6.45) is 0.0874. The number of ether oxygens (including phenoxy) is 1. The van der Waals surface area contributed by atoms with E-state index >= 15 is 0 Å². The Morgan fingerprint density at radius 1 is 1.50 bits per heavy atom. The molecule has 2 rings (SSSR count). The van der Waals surface area contributed by atoms with Gasteiger partial charge in [-0.25, -0.2) is 8.78 Å². The van der Waals surface area contributed by atoms with E-state index in [1.807, 2.05) is 11.8 Å². The molecule has 0 spiro atoms. The highest BCUT2D eigenvalue weighted by Crippen LogP contribution is 2.25. The van der Waals surface area contributed by atoms with E-state index < -0.39 is 11.6 Å². The van der Waals surface area contributed by atoms with Crippen LogP contribution in [0.25, 0.3) is 0 Å². The molecule has 2 atom stereocenters. The van der Waals surface area contributed by atoms with E-state index in [9.17, 15) is 8.78 Å². The molecule has 0 aromatic heterocycles. The molecule has 1 aliphatic heterocycles. The van der Waals surface area contributed by atoms with Crippen molar-refractivity contribution in [3.8, 4) is 0 Å². The van der Waals surface area contributed by atoms with Crippen LogP contribution >= 0.6 is 0 Å². The summed E-state index contributed by atoms with van der Waals surface area (Å²) in [7, 11) is 0. The summed E-state index contributed by atoms with van der Waals surface area (Å²) >= 11 is 0. The molecule has 0 radical (unpaired) electrons. The molecule has 3 nitrogen and oxygen atoms in total. The summed E-state index contributed by atoms with van der Waals surface area (Å²) in [4.78, 5) is 2.05. The van der Waals surface area contributed by atoms with Crippen molar-refractivity contribution >= 4 is 0 Å². The molecule has 0 saturated carbocycles. The van der Waals surface area contributed by atoms with Crippen molar-refractivity contribution in [2.75, 3.05) is 26.2 Å². The zero-order valence-corrected chi connectivity index (χ0v) is 10.4. The minimum atomic E-state index is -0.439. The Morgan fingerprint density at radius 2 is 2.28 bits per heavy atom. The van der Waals surface area contributed by atoms with Gasteiger partial charge in [0.25, 0.3) is 0 Å². The molecular weight excluding hydrogens is 238 g/mol. The molecule has 1 saturated heterocycles. The van der Waals surface area contributed by atoms with Crippen molar-refractivity contribution in [2.24, 2.45) is 5.73 Å². The Bertz CT molecular complexity index is 414. The second-order valence-corrected chi connectivity index (χ2v) is 4.59. The van der Waals surface area contributed by atoms with E-state index in [2.05, 4.69) is 0 Å². The molecule has 1 fully saturated rings. The number of nitrogens with two attached hydrogens (primary N) is 1. The molecule has 1 aromatic rings. The molecule has 5 heteroatoms. The van der Waals surface area contributed by atoms with Crippen molar-refractivity contribution < 1.29 is 13.5 Å². The summed E-state index contributed by atoms with van der Waals surface area (Å²) in [6, 6.07) is 3.20. The maximum atomic E-state index is 13.8. The first-order valence-corrected chi connectivity index (χ1v) is 6.12. The van der Waals surface area contributed by atoms with Crippen LogP contribution in [0.15, 0.2) is 18.2 Å². The van der Waals surface area contributed by atoms with Crippen LogP contribution in [-0.4, -0.2) is 37.2 Å². The second kappa shape index (κ2) is 5.73. The van der Waals surface area contributed by atoms with Gasteiger partial charge in [-0.1, -0.05) is 0 Å². The van der Waals surface area contributed by atoms with E-state index in [4.69, 9.17) is 10.5 Å². The predicted octanol–water partition coefficient (Wildman–Crippen LogP) is 1.69. The fourth-order valence-corrected chi connectivity index (χ4v) is 2.37. The molecule has 0 bridgehead atoms. The van der Waals surface area contributed by atoms with Crippen LogP contribution in [0.3, 0.4) is 0 Å². The SMILES string of the molecule is CC1CN(C(CN)c2cc(F)ccc2F)CCO1. The third kappa shape index (κ3) is 2.85. The zero-order chi connectivity index (χ0) is 13.1. The van der Waals surface area contributed by atoms with Crippen LogP contribution in [0.1, 0.15) is 18.5 Å². The van der Waals surface area contributed by atoms with Gasteiger partial charge in [-0.15, -0.1) is 0 Å². The first-order chi connectivity index (χ1) is 8.61. The van der Waals surface area contributed by atoms with Crippen LogP contribution in [0.5, 0.6) is 0 Å². The molecule has 1 aromatic carbocycles. The molecule has 100 valence electrons. The van der Waals surface area contributed by atoms with E-state index in [0.29, 0.717) is 25.3 Å². The van der Waals surface area contributed by atoms with E-state index in [1.165, 1.54) is 6.07 Å². The van der Waals surface area contributed by atoms with E-state index in [0.717, 1.165) is 12.1 Å². The Kier molecular flexibility index (Phi) is 4.27. The van der Waals surface area contributed by atoms with E-state index in [-0.39, 0.29) is 18.7 Å². The van der Waals surface area contributed by atoms with Gasteiger partial charge in [-0.2, -0.15) is 0 Å².